The number of nitrogens with one attached hydrogen (secondary N) is 1. The zero-order chi connectivity index (χ0) is 15.2. The first kappa shape index (κ1) is 14.6. The van der Waals surface area contributed by atoms with Crippen molar-refractivity contribution in [2.75, 3.05) is 19.0 Å². The summed E-state index contributed by atoms with van der Waals surface area (Å²) in [5.41, 5.74) is -0.0615. The van der Waals surface area contributed by atoms with Gasteiger partial charge in [-0.1, -0.05) is 6.07 Å². The highest BCUT2D eigenvalue weighted by atomic mass is 16.6. The number of hydrogen-bond acceptors (Lipinski definition) is 6. The molecule has 2 aromatic rings. The maximum atomic E-state index is 10.7. The predicted octanol–water partition coefficient (Wildman–Crippen LogP) is 3.22. The number of benzene rings is 1. The largest absolute Gasteiger partial charge is 0.493 e. The third-order valence-corrected chi connectivity index (χ3v) is 2.65. The van der Waals surface area contributed by atoms with Gasteiger partial charge in [-0.15, -0.1) is 0 Å². The highest BCUT2D eigenvalue weighted by Gasteiger charge is 2.13. The topological polar surface area (TPSA) is 86.5 Å². The number of nitrogens with zero attached hydrogens (tertiary/aromatic N) is 2. The van der Waals surface area contributed by atoms with Crippen molar-refractivity contribution < 1.29 is 14.4 Å². The number of methoxy groups -OCH3 is 1. The normalized spacial score (nSPS) is 10.0. The average molecular weight is 289 g/mol. The van der Waals surface area contributed by atoms with Crippen molar-refractivity contribution in [3.63, 3.8) is 0 Å². The van der Waals surface area contributed by atoms with Crippen molar-refractivity contribution in [2.45, 2.75) is 6.92 Å². The first-order valence-electron chi connectivity index (χ1n) is 6.35. The molecular formula is C14H15N3O4. The van der Waals surface area contributed by atoms with Crippen LogP contribution in [0.15, 0.2) is 36.4 Å². The van der Waals surface area contributed by atoms with Gasteiger partial charge in [0.15, 0.2) is 11.5 Å². The Morgan fingerprint density at radius 2 is 2.10 bits per heavy atom. The zero-order valence-electron chi connectivity index (χ0n) is 11.7. The van der Waals surface area contributed by atoms with Crippen LogP contribution in [-0.4, -0.2) is 23.6 Å². The minimum Gasteiger partial charge on any atom is -0.493 e. The fraction of sp³-hybridized carbons (Fsp3) is 0.214. The van der Waals surface area contributed by atoms with E-state index in [-0.39, 0.29) is 11.4 Å². The molecule has 7 nitrogen and oxygen atoms in total. The fourth-order valence-corrected chi connectivity index (χ4v) is 1.72. The molecule has 0 aliphatic carbocycles. The molecule has 0 fully saturated rings. The average Bonchev–Trinajstić information content (AvgIpc) is 2.48. The van der Waals surface area contributed by atoms with Crippen LogP contribution in [0.25, 0.3) is 0 Å². The highest BCUT2D eigenvalue weighted by Crippen LogP contribution is 2.34. The van der Waals surface area contributed by atoms with Gasteiger partial charge in [0.1, 0.15) is 5.82 Å². The van der Waals surface area contributed by atoms with E-state index in [1.165, 1.54) is 25.3 Å². The van der Waals surface area contributed by atoms with Crippen LogP contribution < -0.4 is 14.8 Å². The first-order chi connectivity index (χ1) is 10.1. The summed E-state index contributed by atoms with van der Waals surface area (Å²) in [6, 6.07) is 9.47. The summed E-state index contributed by atoms with van der Waals surface area (Å²) in [7, 11) is 1.43. The molecule has 0 aliphatic heterocycles. The maximum Gasteiger partial charge on any atom is 0.273 e. The van der Waals surface area contributed by atoms with Gasteiger partial charge in [-0.25, -0.2) is 0 Å². The number of hydrogen-bond donors (Lipinski definition) is 1. The number of non-ortho nitro benzene ring substituents is 1. The Morgan fingerprint density at radius 3 is 2.76 bits per heavy atom. The van der Waals surface area contributed by atoms with Gasteiger partial charge < -0.3 is 14.8 Å². The first-order valence-corrected chi connectivity index (χ1v) is 6.35. The highest BCUT2D eigenvalue weighted by molar-refractivity contribution is 5.50. The predicted molar refractivity (Wildman–Crippen MR) is 78.1 cm³/mol. The molecule has 0 unspecified atom stereocenters. The molecule has 2 rings (SSSR count). The number of nitro benzene ring substituents is 1. The second-order valence-electron chi connectivity index (χ2n) is 4.09. The van der Waals surface area contributed by atoms with Crippen molar-refractivity contribution in [2.24, 2.45) is 0 Å². The molecule has 1 heterocycles. The molecule has 1 aromatic carbocycles. The Balaban J connectivity index is 2.26. The van der Waals surface area contributed by atoms with E-state index in [2.05, 4.69) is 10.3 Å². The van der Waals surface area contributed by atoms with E-state index in [0.717, 1.165) is 6.54 Å². The number of nitro groups is 1. The van der Waals surface area contributed by atoms with Gasteiger partial charge in [-0.05, 0) is 19.1 Å². The van der Waals surface area contributed by atoms with E-state index in [1.54, 1.807) is 12.1 Å². The van der Waals surface area contributed by atoms with Crippen LogP contribution in [0.2, 0.25) is 0 Å². The third kappa shape index (κ3) is 3.59. The van der Waals surface area contributed by atoms with Crippen molar-refractivity contribution in [1.82, 2.24) is 4.98 Å². The van der Waals surface area contributed by atoms with Gasteiger partial charge in [0.25, 0.3) is 5.69 Å². The summed E-state index contributed by atoms with van der Waals surface area (Å²) in [5, 5.41) is 13.8. The monoisotopic (exact) mass is 289 g/mol. The summed E-state index contributed by atoms with van der Waals surface area (Å²) < 4.78 is 10.7. The Labute approximate surface area is 121 Å². The molecule has 0 amide bonds. The minimum atomic E-state index is -0.490. The molecule has 1 aromatic heterocycles. The van der Waals surface area contributed by atoms with Crippen LogP contribution in [-0.2, 0) is 0 Å². The number of rotatable bonds is 6. The molecule has 0 atom stereocenters. The molecular weight excluding hydrogens is 274 g/mol. The summed E-state index contributed by atoms with van der Waals surface area (Å²) >= 11 is 0. The lowest BCUT2D eigenvalue weighted by atomic mass is 10.3. The molecule has 21 heavy (non-hydrogen) atoms. The van der Waals surface area contributed by atoms with Crippen LogP contribution in [0.4, 0.5) is 11.5 Å². The van der Waals surface area contributed by atoms with Crippen LogP contribution >= 0.6 is 0 Å². The lowest BCUT2D eigenvalue weighted by Gasteiger charge is -2.10. The van der Waals surface area contributed by atoms with Gasteiger partial charge in [0.05, 0.1) is 18.1 Å². The number of pyridine rings is 1. The van der Waals surface area contributed by atoms with Crippen LogP contribution in [0, 0.1) is 10.1 Å². The van der Waals surface area contributed by atoms with Gasteiger partial charge in [-0.2, -0.15) is 4.98 Å². The number of aromatic nitrogens is 1. The van der Waals surface area contributed by atoms with Crippen LogP contribution in [0.3, 0.4) is 0 Å². The summed E-state index contributed by atoms with van der Waals surface area (Å²) in [4.78, 5) is 14.5. The van der Waals surface area contributed by atoms with E-state index in [0.29, 0.717) is 17.4 Å². The van der Waals surface area contributed by atoms with Gasteiger partial charge in [0, 0.05) is 18.7 Å². The molecule has 0 spiro atoms. The molecule has 7 heteroatoms. The van der Waals surface area contributed by atoms with Crippen molar-refractivity contribution >= 4 is 11.5 Å². The lowest BCUT2D eigenvalue weighted by molar-refractivity contribution is -0.384. The molecule has 110 valence electrons. The Kier molecular flexibility index (Phi) is 4.55. The number of anilines is 1. The van der Waals surface area contributed by atoms with E-state index in [4.69, 9.17) is 9.47 Å². The van der Waals surface area contributed by atoms with Gasteiger partial charge >= 0.3 is 0 Å². The SMILES string of the molecule is CCNc1cccc(Oc2ccc([N+](=O)[O-])cc2OC)n1. The standard InChI is InChI=1S/C14H15N3O4/c1-3-15-13-5-4-6-14(16-13)21-11-8-7-10(17(18)19)9-12(11)20-2/h4-9H,3H2,1-2H3,(H,15,16). The molecule has 0 bridgehead atoms. The van der Waals surface area contributed by atoms with Crippen molar-refractivity contribution in [1.29, 1.82) is 0 Å². The summed E-state index contributed by atoms with van der Waals surface area (Å²) in [6.07, 6.45) is 0. The van der Waals surface area contributed by atoms with Gasteiger partial charge in [-0.3, -0.25) is 10.1 Å². The van der Waals surface area contributed by atoms with E-state index in [1.807, 2.05) is 13.0 Å². The fourth-order valence-electron chi connectivity index (χ4n) is 1.72. The molecule has 0 aliphatic rings. The van der Waals surface area contributed by atoms with Crippen molar-refractivity contribution in [3.05, 3.63) is 46.5 Å². The number of ether oxygens (including phenoxy) is 2. The smallest absolute Gasteiger partial charge is 0.273 e. The zero-order valence-corrected chi connectivity index (χ0v) is 11.7. The van der Waals surface area contributed by atoms with Crippen LogP contribution in [0.1, 0.15) is 6.92 Å². The second-order valence-corrected chi connectivity index (χ2v) is 4.09. The second kappa shape index (κ2) is 6.56. The Hall–Kier alpha value is -2.83. The minimum absolute atomic E-state index is 0.0615. The van der Waals surface area contributed by atoms with Gasteiger partial charge in [0.2, 0.25) is 5.88 Å². The molecule has 0 saturated carbocycles. The van der Waals surface area contributed by atoms with E-state index >= 15 is 0 Å². The molecule has 0 saturated heterocycles. The molecule has 0 radical (unpaired) electrons. The Morgan fingerprint density at radius 1 is 1.29 bits per heavy atom. The van der Waals surface area contributed by atoms with Crippen LogP contribution in [0.5, 0.6) is 17.4 Å². The summed E-state index contributed by atoms with van der Waals surface area (Å²) in [5.74, 6) is 1.71. The van der Waals surface area contributed by atoms with E-state index in [9.17, 15) is 10.1 Å². The van der Waals surface area contributed by atoms with Crippen molar-refractivity contribution in [3.8, 4) is 17.4 Å². The lowest BCUT2D eigenvalue weighted by Crippen LogP contribution is -2.00. The maximum absolute atomic E-state index is 10.7. The summed E-state index contributed by atoms with van der Waals surface area (Å²) in [6.45, 7) is 2.71. The quantitative estimate of drug-likeness (QED) is 0.649. The van der Waals surface area contributed by atoms with E-state index < -0.39 is 4.92 Å². The third-order valence-electron chi connectivity index (χ3n) is 2.65. The molecule has 1 N–H and O–H groups in total. The Bertz CT molecular complexity index is 646.